The van der Waals surface area contributed by atoms with Crippen molar-refractivity contribution in [2.45, 2.75) is 13.5 Å². The Hall–Kier alpha value is -2.20. The number of aliphatic imine (C=N–C) groups is 1. The van der Waals surface area contributed by atoms with Crippen LogP contribution in [0.3, 0.4) is 0 Å². The van der Waals surface area contributed by atoms with Crippen molar-refractivity contribution >= 4 is 46.7 Å². The van der Waals surface area contributed by atoms with Crippen LogP contribution < -0.4 is 9.47 Å². The standard InChI is InChI=1S/C22H18Cl3NO2/c1-14-7-8-17(11-19(14)24)26-12-15-9-20(25)22(21(10-15)27-2)28-13-16-5-3-4-6-18(16)23/h3-12H,13H2,1-2H3. The number of rotatable bonds is 6. The summed E-state index contributed by atoms with van der Waals surface area (Å²) in [6, 6.07) is 16.7. The molecule has 0 unspecified atom stereocenters. The molecule has 3 rings (SSSR count). The van der Waals surface area contributed by atoms with E-state index in [-0.39, 0.29) is 6.61 Å². The average Bonchev–Trinajstić information content (AvgIpc) is 2.68. The average molecular weight is 435 g/mol. The zero-order valence-corrected chi connectivity index (χ0v) is 17.6. The van der Waals surface area contributed by atoms with Crippen LogP contribution >= 0.6 is 34.8 Å². The zero-order valence-electron chi connectivity index (χ0n) is 15.4. The maximum Gasteiger partial charge on any atom is 0.180 e. The molecule has 0 aromatic heterocycles. The molecule has 0 N–H and O–H groups in total. The van der Waals surface area contributed by atoms with E-state index in [1.165, 1.54) is 0 Å². The lowest BCUT2D eigenvalue weighted by Gasteiger charge is -2.14. The van der Waals surface area contributed by atoms with E-state index in [9.17, 15) is 0 Å². The van der Waals surface area contributed by atoms with Crippen molar-refractivity contribution in [3.63, 3.8) is 0 Å². The first-order chi connectivity index (χ1) is 13.5. The van der Waals surface area contributed by atoms with Crippen molar-refractivity contribution in [2.24, 2.45) is 4.99 Å². The molecule has 144 valence electrons. The van der Waals surface area contributed by atoms with Crippen LogP contribution in [0.4, 0.5) is 5.69 Å². The van der Waals surface area contributed by atoms with Crippen molar-refractivity contribution in [1.29, 1.82) is 0 Å². The summed E-state index contributed by atoms with van der Waals surface area (Å²) in [6.45, 7) is 2.23. The Bertz CT molecular complexity index is 1020. The van der Waals surface area contributed by atoms with Gasteiger partial charge in [0.05, 0.1) is 17.8 Å². The highest BCUT2D eigenvalue weighted by molar-refractivity contribution is 6.33. The molecular weight excluding hydrogens is 417 g/mol. The minimum absolute atomic E-state index is 0.283. The molecule has 6 heteroatoms. The molecule has 0 bridgehead atoms. The van der Waals surface area contributed by atoms with E-state index >= 15 is 0 Å². The summed E-state index contributed by atoms with van der Waals surface area (Å²) in [6.07, 6.45) is 1.70. The van der Waals surface area contributed by atoms with Gasteiger partial charge in [-0.1, -0.05) is 59.1 Å². The minimum atomic E-state index is 0.283. The monoisotopic (exact) mass is 433 g/mol. The molecule has 3 aromatic carbocycles. The van der Waals surface area contributed by atoms with Crippen molar-refractivity contribution in [3.8, 4) is 11.5 Å². The Morgan fingerprint density at radius 3 is 2.43 bits per heavy atom. The normalized spacial score (nSPS) is 11.0. The molecule has 0 aliphatic carbocycles. The molecule has 0 saturated heterocycles. The van der Waals surface area contributed by atoms with Gasteiger partial charge in [-0.2, -0.15) is 0 Å². The van der Waals surface area contributed by atoms with Gasteiger partial charge in [0.15, 0.2) is 11.5 Å². The van der Waals surface area contributed by atoms with Crippen molar-refractivity contribution in [1.82, 2.24) is 0 Å². The van der Waals surface area contributed by atoms with Crippen LogP contribution in [0.15, 0.2) is 59.6 Å². The number of halogens is 3. The lowest BCUT2D eigenvalue weighted by Crippen LogP contribution is -2.00. The number of methoxy groups -OCH3 is 1. The topological polar surface area (TPSA) is 30.8 Å². The quantitative estimate of drug-likeness (QED) is 0.381. The van der Waals surface area contributed by atoms with Crippen molar-refractivity contribution in [2.75, 3.05) is 7.11 Å². The fourth-order valence-corrected chi connectivity index (χ4v) is 3.17. The highest BCUT2D eigenvalue weighted by Gasteiger charge is 2.12. The second-order valence-corrected chi connectivity index (χ2v) is 7.33. The molecule has 0 spiro atoms. The van der Waals surface area contributed by atoms with Gasteiger partial charge in [-0.05, 0) is 48.4 Å². The lowest BCUT2D eigenvalue weighted by atomic mass is 10.2. The lowest BCUT2D eigenvalue weighted by molar-refractivity contribution is 0.285. The van der Waals surface area contributed by atoms with E-state index < -0.39 is 0 Å². The summed E-state index contributed by atoms with van der Waals surface area (Å²) >= 11 is 18.7. The number of benzene rings is 3. The van der Waals surface area contributed by atoms with Gasteiger partial charge in [-0.15, -0.1) is 0 Å². The molecule has 0 amide bonds. The summed E-state index contributed by atoms with van der Waals surface area (Å²) in [5.41, 5.74) is 3.41. The van der Waals surface area contributed by atoms with Crippen LogP contribution in [0.5, 0.6) is 11.5 Å². The molecule has 0 fully saturated rings. The highest BCUT2D eigenvalue weighted by atomic mass is 35.5. The Morgan fingerprint density at radius 2 is 1.71 bits per heavy atom. The maximum atomic E-state index is 6.43. The van der Waals surface area contributed by atoms with Crippen LogP contribution in [0.25, 0.3) is 0 Å². The fourth-order valence-electron chi connectivity index (χ4n) is 2.53. The molecule has 0 heterocycles. The summed E-state index contributed by atoms with van der Waals surface area (Å²) in [5.74, 6) is 0.975. The second kappa shape index (κ2) is 9.33. The SMILES string of the molecule is COc1cc(C=Nc2ccc(C)c(Cl)c2)cc(Cl)c1OCc1ccccc1Cl. The van der Waals surface area contributed by atoms with E-state index in [2.05, 4.69) is 4.99 Å². The molecule has 3 aromatic rings. The predicted molar refractivity (Wildman–Crippen MR) is 117 cm³/mol. The van der Waals surface area contributed by atoms with Crippen LogP contribution in [0.1, 0.15) is 16.7 Å². The number of ether oxygens (including phenoxy) is 2. The van der Waals surface area contributed by atoms with Gasteiger partial charge in [-0.3, -0.25) is 4.99 Å². The third kappa shape index (κ3) is 4.99. The summed E-state index contributed by atoms with van der Waals surface area (Å²) in [4.78, 5) is 4.45. The first kappa shape index (κ1) is 20.5. The third-order valence-electron chi connectivity index (χ3n) is 4.10. The Morgan fingerprint density at radius 1 is 0.929 bits per heavy atom. The minimum Gasteiger partial charge on any atom is -0.493 e. The summed E-state index contributed by atoms with van der Waals surface area (Å²) < 4.78 is 11.3. The number of nitrogens with zero attached hydrogens (tertiary/aromatic N) is 1. The van der Waals surface area contributed by atoms with Crippen LogP contribution in [-0.2, 0) is 6.61 Å². The summed E-state index contributed by atoms with van der Waals surface area (Å²) in [5, 5.41) is 1.74. The molecule has 0 aliphatic heterocycles. The van der Waals surface area contributed by atoms with Gasteiger partial charge in [0.2, 0.25) is 0 Å². The van der Waals surface area contributed by atoms with E-state index in [0.29, 0.717) is 26.6 Å². The zero-order chi connectivity index (χ0) is 20.1. The third-order valence-corrected chi connectivity index (χ3v) is 5.16. The molecule has 0 aliphatic rings. The highest BCUT2D eigenvalue weighted by Crippen LogP contribution is 2.37. The number of hydrogen-bond donors (Lipinski definition) is 0. The van der Waals surface area contributed by atoms with Crippen LogP contribution in [0.2, 0.25) is 15.1 Å². The van der Waals surface area contributed by atoms with Gasteiger partial charge in [0.1, 0.15) is 6.61 Å². The fraction of sp³-hybridized carbons (Fsp3) is 0.136. The van der Waals surface area contributed by atoms with Crippen molar-refractivity contribution in [3.05, 3.63) is 86.4 Å². The second-order valence-electron chi connectivity index (χ2n) is 6.11. The molecule has 0 saturated carbocycles. The molecule has 0 radical (unpaired) electrons. The number of aryl methyl sites for hydroxylation is 1. The summed E-state index contributed by atoms with van der Waals surface area (Å²) in [7, 11) is 1.56. The van der Waals surface area contributed by atoms with Gasteiger partial charge < -0.3 is 9.47 Å². The van der Waals surface area contributed by atoms with E-state index in [1.54, 1.807) is 19.4 Å². The Balaban J connectivity index is 1.81. The van der Waals surface area contributed by atoms with E-state index in [0.717, 1.165) is 22.4 Å². The first-order valence-electron chi connectivity index (χ1n) is 8.52. The predicted octanol–water partition coefficient (Wildman–Crippen LogP) is 7.29. The van der Waals surface area contributed by atoms with Gasteiger partial charge in [0, 0.05) is 21.8 Å². The smallest absolute Gasteiger partial charge is 0.180 e. The van der Waals surface area contributed by atoms with E-state index in [4.69, 9.17) is 44.3 Å². The largest absolute Gasteiger partial charge is 0.493 e. The van der Waals surface area contributed by atoms with Gasteiger partial charge >= 0.3 is 0 Å². The first-order valence-corrected chi connectivity index (χ1v) is 9.65. The van der Waals surface area contributed by atoms with E-state index in [1.807, 2.05) is 55.5 Å². The maximum absolute atomic E-state index is 6.43. The molecule has 0 atom stereocenters. The van der Waals surface area contributed by atoms with Crippen molar-refractivity contribution < 1.29 is 9.47 Å². The van der Waals surface area contributed by atoms with Crippen LogP contribution in [-0.4, -0.2) is 13.3 Å². The Kier molecular flexibility index (Phi) is 6.84. The molecule has 28 heavy (non-hydrogen) atoms. The number of hydrogen-bond acceptors (Lipinski definition) is 3. The van der Waals surface area contributed by atoms with Gasteiger partial charge in [0.25, 0.3) is 0 Å². The van der Waals surface area contributed by atoms with Gasteiger partial charge in [-0.25, -0.2) is 0 Å². The van der Waals surface area contributed by atoms with Crippen LogP contribution in [0, 0.1) is 6.92 Å². The molecular formula is C22H18Cl3NO2. The Labute approximate surface area is 179 Å². The molecule has 3 nitrogen and oxygen atoms in total.